The molecule has 0 bridgehead atoms. The molecule has 6 nitrogen and oxygen atoms in total. The molecule has 0 radical (unpaired) electrons. The molecule has 0 saturated heterocycles. The van der Waals surface area contributed by atoms with Crippen LogP contribution in [-0.4, -0.2) is 33.3 Å². The minimum atomic E-state index is -1.02. The molecular weight excluding hydrogens is 258 g/mol. The monoisotopic (exact) mass is 281 g/mol. The van der Waals surface area contributed by atoms with Crippen molar-refractivity contribution in [2.75, 3.05) is 6.54 Å². The van der Waals surface area contributed by atoms with Gasteiger partial charge in [-0.15, -0.1) is 0 Å². The Balaban J connectivity index is 2.33. The number of aromatic nitrogens is 2. The van der Waals surface area contributed by atoms with Gasteiger partial charge in [-0.2, -0.15) is 5.10 Å². The number of carbonyl (C=O) groups is 2. The Labute approximate surface area is 119 Å². The van der Waals surface area contributed by atoms with Crippen LogP contribution in [0.15, 0.2) is 18.5 Å². The van der Waals surface area contributed by atoms with Crippen molar-refractivity contribution in [3.05, 3.63) is 18.5 Å². The highest BCUT2D eigenvalue weighted by atomic mass is 16.4. The first-order chi connectivity index (χ1) is 9.36. The van der Waals surface area contributed by atoms with Crippen molar-refractivity contribution in [2.24, 2.45) is 11.3 Å². The SMILES string of the molecule is CC(C)C(C)(CC(=O)NCCCn1cccn1)C(=O)O. The zero-order chi connectivity index (χ0) is 15.2. The number of nitrogens with one attached hydrogen (secondary N) is 1. The van der Waals surface area contributed by atoms with E-state index in [0.29, 0.717) is 6.54 Å². The average molecular weight is 281 g/mol. The molecule has 1 aromatic heterocycles. The van der Waals surface area contributed by atoms with Crippen molar-refractivity contribution in [3.8, 4) is 0 Å². The summed E-state index contributed by atoms with van der Waals surface area (Å²) in [6.45, 7) is 6.50. The number of aryl methyl sites for hydroxylation is 1. The lowest BCUT2D eigenvalue weighted by Crippen LogP contribution is -2.39. The predicted molar refractivity (Wildman–Crippen MR) is 75.1 cm³/mol. The number of carbonyl (C=O) groups excluding carboxylic acids is 1. The van der Waals surface area contributed by atoms with Gasteiger partial charge in [0, 0.05) is 31.9 Å². The summed E-state index contributed by atoms with van der Waals surface area (Å²) in [7, 11) is 0. The number of rotatable bonds is 8. The van der Waals surface area contributed by atoms with E-state index in [2.05, 4.69) is 10.4 Å². The summed E-state index contributed by atoms with van der Waals surface area (Å²) in [5, 5.41) is 16.1. The van der Waals surface area contributed by atoms with Gasteiger partial charge in [0.1, 0.15) is 0 Å². The van der Waals surface area contributed by atoms with Gasteiger partial charge in [-0.05, 0) is 25.3 Å². The zero-order valence-electron chi connectivity index (χ0n) is 12.3. The van der Waals surface area contributed by atoms with Gasteiger partial charge in [0.05, 0.1) is 5.41 Å². The number of amides is 1. The maximum absolute atomic E-state index is 11.8. The van der Waals surface area contributed by atoms with Crippen molar-refractivity contribution in [1.29, 1.82) is 0 Å². The normalized spacial score (nSPS) is 14.0. The lowest BCUT2D eigenvalue weighted by molar-refractivity contribution is -0.153. The Kier molecular flexibility index (Phi) is 5.73. The molecule has 112 valence electrons. The molecule has 0 saturated carbocycles. The van der Waals surface area contributed by atoms with Gasteiger partial charge in [-0.1, -0.05) is 13.8 Å². The van der Waals surface area contributed by atoms with E-state index in [1.165, 1.54) is 0 Å². The van der Waals surface area contributed by atoms with Gasteiger partial charge in [-0.3, -0.25) is 14.3 Å². The maximum atomic E-state index is 11.8. The molecule has 0 aromatic carbocycles. The number of carboxylic acid groups (broad SMARTS) is 1. The number of hydrogen-bond donors (Lipinski definition) is 2. The first-order valence-corrected chi connectivity index (χ1v) is 6.84. The van der Waals surface area contributed by atoms with Crippen molar-refractivity contribution in [1.82, 2.24) is 15.1 Å². The summed E-state index contributed by atoms with van der Waals surface area (Å²) in [5.41, 5.74) is -1.02. The number of carboxylic acids is 1. The van der Waals surface area contributed by atoms with Crippen LogP contribution >= 0.6 is 0 Å². The van der Waals surface area contributed by atoms with Crippen LogP contribution in [0.4, 0.5) is 0 Å². The van der Waals surface area contributed by atoms with E-state index >= 15 is 0 Å². The fourth-order valence-corrected chi connectivity index (χ4v) is 1.82. The second kappa shape index (κ2) is 7.07. The molecule has 0 aliphatic carbocycles. The molecule has 0 fully saturated rings. The van der Waals surface area contributed by atoms with E-state index in [0.717, 1.165) is 13.0 Å². The molecule has 0 aliphatic heterocycles. The van der Waals surface area contributed by atoms with E-state index in [1.54, 1.807) is 17.8 Å². The van der Waals surface area contributed by atoms with E-state index in [4.69, 9.17) is 0 Å². The molecule has 6 heteroatoms. The zero-order valence-corrected chi connectivity index (χ0v) is 12.3. The highest BCUT2D eigenvalue weighted by Crippen LogP contribution is 2.31. The summed E-state index contributed by atoms with van der Waals surface area (Å²) >= 11 is 0. The van der Waals surface area contributed by atoms with Gasteiger partial charge in [0.15, 0.2) is 0 Å². The minimum Gasteiger partial charge on any atom is -0.481 e. The first kappa shape index (κ1) is 16.2. The largest absolute Gasteiger partial charge is 0.481 e. The van der Waals surface area contributed by atoms with Crippen molar-refractivity contribution in [2.45, 2.75) is 40.2 Å². The second-order valence-electron chi connectivity index (χ2n) is 5.53. The van der Waals surface area contributed by atoms with E-state index in [9.17, 15) is 14.7 Å². The molecule has 1 amide bonds. The van der Waals surface area contributed by atoms with Crippen molar-refractivity contribution >= 4 is 11.9 Å². The van der Waals surface area contributed by atoms with Crippen LogP contribution in [0.5, 0.6) is 0 Å². The van der Waals surface area contributed by atoms with Crippen molar-refractivity contribution < 1.29 is 14.7 Å². The highest BCUT2D eigenvalue weighted by Gasteiger charge is 2.38. The Morgan fingerprint density at radius 2 is 2.15 bits per heavy atom. The van der Waals surface area contributed by atoms with Gasteiger partial charge in [0.25, 0.3) is 0 Å². The van der Waals surface area contributed by atoms with Crippen LogP contribution in [0, 0.1) is 11.3 Å². The first-order valence-electron chi connectivity index (χ1n) is 6.84. The highest BCUT2D eigenvalue weighted by molar-refractivity contribution is 5.84. The number of hydrogen-bond acceptors (Lipinski definition) is 3. The lowest BCUT2D eigenvalue weighted by Gasteiger charge is -2.28. The summed E-state index contributed by atoms with van der Waals surface area (Å²) in [5.74, 6) is -1.25. The molecule has 1 rings (SSSR count). The Morgan fingerprint density at radius 1 is 1.45 bits per heavy atom. The van der Waals surface area contributed by atoms with Crippen LogP contribution in [0.25, 0.3) is 0 Å². The summed E-state index contributed by atoms with van der Waals surface area (Å²) in [4.78, 5) is 23.1. The van der Waals surface area contributed by atoms with Gasteiger partial charge < -0.3 is 10.4 Å². The fraction of sp³-hybridized carbons (Fsp3) is 0.643. The van der Waals surface area contributed by atoms with Crippen molar-refractivity contribution in [3.63, 3.8) is 0 Å². The topological polar surface area (TPSA) is 84.2 Å². The molecule has 0 aliphatic rings. The maximum Gasteiger partial charge on any atom is 0.310 e. The minimum absolute atomic E-state index is 0.00176. The third-order valence-corrected chi connectivity index (χ3v) is 3.74. The summed E-state index contributed by atoms with van der Waals surface area (Å²) < 4.78 is 1.79. The summed E-state index contributed by atoms with van der Waals surface area (Å²) in [6.07, 6.45) is 4.34. The van der Waals surface area contributed by atoms with E-state index in [1.807, 2.05) is 26.1 Å². The lowest BCUT2D eigenvalue weighted by atomic mass is 9.76. The van der Waals surface area contributed by atoms with E-state index in [-0.39, 0.29) is 18.2 Å². The standard InChI is InChI=1S/C14H23N3O3/c1-11(2)14(3,13(19)20)10-12(18)15-6-4-8-17-9-5-7-16-17/h5,7,9,11H,4,6,8,10H2,1-3H3,(H,15,18)(H,19,20). The third kappa shape index (κ3) is 4.36. The fourth-order valence-electron chi connectivity index (χ4n) is 1.82. The van der Waals surface area contributed by atoms with E-state index < -0.39 is 11.4 Å². The van der Waals surface area contributed by atoms with Crippen LogP contribution in [-0.2, 0) is 16.1 Å². The number of nitrogens with zero attached hydrogens (tertiary/aromatic N) is 2. The van der Waals surface area contributed by atoms with Gasteiger partial charge >= 0.3 is 5.97 Å². The van der Waals surface area contributed by atoms with Crippen LogP contribution in [0.3, 0.4) is 0 Å². The Bertz CT molecular complexity index is 443. The average Bonchev–Trinajstić information content (AvgIpc) is 2.87. The molecule has 1 heterocycles. The third-order valence-electron chi connectivity index (χ3n) is 3.74. The molecule has 2 N–H and O–H groups in total. The van der Waals surface area contributed by atoms with Gasteiger partial charge in [-0.25, -0.2) is 0 Å². The molecule has 20 heavy (non-hydrogen) atoms. The second-order valence-corrected chi connectivity index (χ2v) is 5.53. The molecular formula is C14H23N3O3. The quantitative estimate of drug-likeness (QED) is 0.708. The predicted octanol–water partition coefficient (Wildman–Crippen LogP) is 1.53. The number of aliphatic carboxylic acids is 1. The smallest absolute Gasteiger partial charge is 0.310 e. The van der Waals surface area contributed by atoms with Crippen LogP contribution in [0.2, 0.25) is 0 Å². The Hall–Kier alpha value is -1.85. The Morgan fingerprint density at radius 3 is 2.65 bits per heavy atom. The van der Waals surface area contributed by atoms with Crippen LogP contribution < -0.4 is 5.32 Å². The molecule has 1 unspecified atom stereocenters. The molecule has 1 atom stereocenters. The molecule has 1 aromatic rings. The van der Waals surface area contributed by atoms with Crippen LogP contribution in [0.1, 0.15) is 33.6 Å². The summed E-state index contributed by atoms with van der Waals surface area (Å²) in [6, 6.07) is 1.85. The van der Waals surface area contributed by atoms with Gasteiger partial charge in [0.2, 0.25) is 5.91 Å². The molecule has 0 spiro atoms.